The Kier molecular flexibility index (Phi) is 12200. The zero-order valence-corrected chi connectivity index (χ0v) is 13.6. The van der Waals surface area contributed by atoms with Crippen LogP contribution in [0.25, 0.3) is 0 Å². The summed E-state index contributed by atoms with van der Waals surface area (Å²) in [6, 6.07) is 0. The van der Waals surface area contributed by atoms with Crippen molar-refractivity contribution >= 4 is 48.9 Å². The van der Waals surface area contributed by atoms with Gasteiger partial charge in [-0.2, -0.15) is 0 Å². The first-order valence-corrected chi connectivity index (χ1v) is 0. The van der Waals surface area contributed by atoms with E-state index < -0.39 is 0 Å². The van der Waals surface area contributed by atoms with Gasteiger partial charge in [-0.3, -0.25) is 0 Å². The van der Waals surface area contributed by atoms with Gasteiger partial charge in [0.2, 0.25) is 0 Å². The van der Waals surface area contributed by atoms with Crippen LogP contribution in [0.15, 0.2) is 0 Å². The van der Waals surface area contributed by atoms with Gasteiger partial charge in [0.25, 0.3) is 0 Å². The van der Waals surface area contributed by atoms with E-state index in [1.54, 1.807) is 0 Å². The van der Waals surface area contributed by atoms with Crippen molar-refractivity contribution < 1.29 is 93.3 Å². The van der Waals surface area contributed by atoms with Gasteiger partial charge in [0.05, 0.1) is 0 Å². The fourth-order valence-corrected chi connectivity index (χ4v) is 0. The van der Waals surface area contributed by atoms with Crippen LogP contribution in [0.5, 0.6) is 0 Å². The quantitative estimate of drug-likeness (QED) is 0.273. The monoisotopic (exact) mass is 554 g/mol. The molecule has 0 amide bonds. The Bertz CT molecular complexity index is 17.4. The summed E-state index contributed by atoms with van der Waals surface area (Å²) in [6.45, 7) is 0. The molecule has 0 bridgehead atoms. The molecule has 0 saturated heterocycles. The minimum atomic E-state index is 0. The predicted octanol–water partition coefficient (Wildman–Crippen LogP) is -3.48. The average Bonchev–Trinajstić information content (AvgIpc) is 0. The van der Waals surface area contributed by atoms with Gasteiger partial charge in [0.1, 0.15) is 0 Å². The number of rotatable bonds is 0. The summed E-state index contributed by atoms with van der Waals surface area (Å²) in [5, 5.41) is 0. The van der Waals surface area contributed by atoms with Gasteiger partial charge in [0.15, 0.2) is 0 Å². The van der Waals surface area contributed by atoms with Gasteiger partial charge >= 0.3 is 49.5 Å². The average molecular weight is 558 g/mol. The first kappa shape index (κ1) is 442. The summed E-state index contributed by atoms with van der Waals surface area (Å²) in [5.74, 6) is 0. The van der Waals surface area contributed by atoms with E-state index in [0.717, 1.165) is 0 Å². The van der Waals surface area contributed by atoms with Crippen molar-refractivity contribution in [3.63, 3.8) is 0 Å². The van der Waals surface area contributed by atoms with Crippen molar-refractivity contribution in [2.75, 3.05) is 0 Å². The van der Waals surface area contributed by atoms with Crippen LogP contribution in [0.3, 0.4) is 0 Å². The summed E-state index contributed by atoms with van der Waals surface area (Å²) >= 11 is 0. The first-order chi connectivity index (χ1) is 0. The summed E-state index contributed by atoms with van der Waals surface area (Å²) in [4.78, 5) is 0. The molecule has 0 atom stereocenters. The fraction of sp³-hybridized carbons (Fsp3) is 0. The van der Waals surface area contributed by atoms with Gasteiger partial charge < -0.3 is 43.8 Å². The normalized spacial score (nSPS) is 0. The summed E-state index contributed by atoms with van der Waals surface area (Å²) < 4.78 is 0. The van der Waals surface area contributed by atoms with Gasteiger partial charge in [0, 0.05) is 48.9 Å². The van der Waals surface area contributed by atoms with E-state index in [4.69, 9.17) is 0 Å². The predicted molar refractivity (Wildman–Crippen MR) is 30.4 cm³/mol. The van der Waals surface area contributed by atoms with E-state index in [0.29, 0.717) is 0 Å². The molecule has 0 aromatic heterocycles. The SMILES string of the molecule is O.O.[Ni+2].[Ni+2].[Ni+2].[OH-].[OH-].[OH-].[OH-].[OH-].[OH-].[Sb].[Sb]. The maximum absolute atomic E-state index is 0. The van der Waals surface area contributed by atoms with E-state index in [2.05, 4.69) is 0 Å². The standard InChI is InChI=1S/3Ni.8H2O.2Sb/h;;;8*1H2;;/q3*+2;;;;;;;;;;/p-6. The zero-order chi connectivity index (χ0) is 0. The molecule has 0 aromatic rings. The minimum Gasteiger partial charge on any atom is -0.870 e. The molecule has 8 nitrogen and oxygen atoms in total. The molecular weight excluding hydrogens is 548 g/mol. The summed E-state index contributed by atoms with van der Waals surface area (Å²) in [7, 11) is 0. The zero-order valence-electron chi connectivity index (χ0n) is 5.53. The van der Waals surface area contributed by atoms with Crippen LogP contribution in [0.4, 0.5) is 0 Å². The minimum absolute atomic E-state index is 0. The molecule has 13 heavy (non-hydrogen) atoms. The molecule has 0 rings (SSSR count). The number of hydrogen-bond acceptors (Lipinski definition) is 6. The Morgan fingerprint density at radius 2 is 0.308 bits per heavy atom. The van der Waals surface area contributed by atoms with Crippen molar-refractivity contribution in [2.24, 2.45) is 0 Å². The third kappa shape index (κ3) is 310. The van der Waals surface area contributed by atoms with E-state index in [1.165, 1.54) is 0 Å². The van der Waals surface area contributed by atoms with E-state index in [1.807, 2.05) is 0 Å². The summed E-state index contributed by atoms with van der Waals surface area (Å²) in [6.07, 6.45) is 0. The Morgan fingerprint density at radius 3 is 0.308 bits per heavy atom. The largest absolute Gasteiger partial charge is 2.00 e. The van der Waals surface area contributed by atoms with Crippen molar-refractivity contribution in [1.82, 2.24) is 0 Å². The van der Waals surface area contributed by atoms with Crippen LogP contribution in [-0.2, 0) is 49.5 Å². The molecule has 10 N–H and O–H groups in total. The second-order valence-electron chi connectivity index (χ2n) is 0. The molecule has 0 spiro atoms. The maximum atomic E-state index is 0. The molecule has 0 heterocycles. The van der Waals surface area contributed by atoms with Crippen LogP contribution in [0.2, 0.25) is 0 Å². The van der Waals surface area contributed by atoms with E-state index in [9.17, 15) is 0 Å². The van der Waals surface area contributed by atoms with Crippen molar-refractivity contribution in [3.05, 3.63) is 0 Å². The van der Waals surface area contributed by atoms with E-state index in [-0.39, 0.29) is 142 Å². The number of hydrogen-bond donors (Lipinski definition) is 0. The molecule has 13 heteroatoms. The molecule has 0 aliphatic rings. The molecule has 0 fully saturated rings. The van der Waals surface area contributed by atoms with Crippen LogP contribution in [0, 0.1) is 0 Å². The molecule has 0 unspecified atom stereocenters. The molecule has 0 aliphatic heterocycles. The Labute approximate surface area is 140 Å². The maximum Gasteiger partial charge on any atom is 2.00 e. The van der Waals surface area contributed by atoms with Crippen LogP contribution >= 0.6 is 0 Å². The topological polar surface area (TPSA) is 243 Å². The Balaban J connectivity index is 0. The van der Waals surface area contributed by atoms with Gasteiger partial charge in [-0.05, 0) is 0 Å². The molecule has 0 aliphatic carbocycles. The van der Waals surface area contributed by atoms with Crippen molar-refractivity contribution in [1.29, 1.82) is 0 Å². The third-order valence-corrected chi connectivity index (χ3v) is 0. The summed E-state index contributed by atoms with van der Waals surface area (Å²) in [5.41, 5.74) is 0. The Hall–Kier alpha value is 2.80. The van der Waals surface area contributed by atoms with Crippen molar-refractivity contribution in [2.45, 2.75) is 0 Å². The molecule has 0 saturated carbocycles. The van der Waals surface area contributed by atoms with E-state index >= 15 is 0 Å². The van der Waals surface area contributed by atoms with Crippen LogP contribution in [-0.4, -0.2) is 92.7 Å². The third-order valence-electron chi connectivity index (χ3n) is 0. The molecular formula is H10Ni3O8Sb2. The fourth-order valence-electron chi connectivity index (χ4n) is 0. The molecule has 98 valence electrons. The van der Waals surface area contributed by atoms with Crippen LogP contribution < -0.4 is 0 Å². The van der Waals surface area contributed by atoms with Crippen LogP contribution in [0.1, 0.15) is 0 Å². The first-order valence-electron chi connectivity index (χ1n) is 0. The van der Waals surface area contributed by atoms with Gasteiger partial charge in [-0.25, -0.2) is 0 Å². The Morgan fingerprint density at radius 1 is 0.308 bits per heavy atom. The van der Waals surface area contributed by atoms with Gasteiger partial charge in [-0.15, -0.1) is 0 Å². The molecule has 6 radical (unpaired) electrons. The van der Waals surface area contributed by atoms with Gasteiger partial charge in [-0.1, -0.05) is 0 Å². The second kappa shape index (κ2) is 360. The second-order valence-corrected chi connectivity index (χ2v) is 0. The smallest absolute Gasteiger partial charge is 0.870 e. The van der Waals surface area contributed by atoms with Crippen molar-refractivity contribution in [3.8, 4) is 0 Å². The molecule has 0 aromatic carbocycles.